The van der Waals surface area contributed by atoms with Gasteiger partial charge in [0.05, 0.1) is 26.4 Å². The number of hydrogen-bond donors (Lipinski definition) is 4. The molecule has 0 aromatic carbocycles. The molecule has 0 aliphatic carbocycles. The number of phosphoric acid groups is 2. The molecule has 0 bridgehead atoms. The molecule has 5 atom stereocenters. The van der Waals surface area contributed by atoms with E-state index in [1.165, 1.54) is 154 Å². The Morgan fingerprint density at radius 3 is 0.813 bits per heavy atom. The van der Waals surface area contributed by atoms with E-state index in [0.717, 1.165) is 141 Å². The lowest BCUT2D eigenvalue weighted by Crippen LogP contribution is -2.30. The molecule has 0 rings (SSSR count). The van der Waals surface area contributed by atoms with E-state index in [9.17, 15) is 43.5 Å². The number of carbonyl (C=O) groups excluding carboxylic acids is 3. The molecule has 0 amide bonds. The van der Waals surface area contributed by atoms with E-state index in [0.29, 0.717) is 19.3 Å². The molecule has 107 heavy (non-hydrogen) atoms. The standard InChI is InChI=1S/C89H154O16P2/c1-4-7-10-13-16-19-22-25-28-30-32-34-36-37-38-39-40-41-42-43-44-45-47-49-50-52-55-57-60-63-66-69-72-75-87(92)99-78-84(90)79-101-106(95,96)102-80-85(91)81-103-107(97,98)104-83-86(105-89(94)77-74-71-68-65-62-59-54-27-24-21-18-15-12-9-6-3)82-100-88(93)76-73-70-67-64-61-58-56-53-51-48-46-35-33-31-29-26-23-20-17-14-11-8-5-2/h8,11,16-17,19-20,25-29,32-35,37-38,48,51,54,56,58,84-86,90-91H,4-7,9-10,12-15,18,21-24,30-31,36,39-47,49-50,52-53,55,57,59-83H2,1-3H3,(H,95,96)(H,97,98)/b11-8-,19-16-,20-17-,28-25-,29-26-,34-32-,35-33-,38-37-,51-48-,54-27-,58-56-. The number of aliphatic hydroxyl groups is 2. The lowest BCUT2D eigenvalue weighted by molar-refractivity contribution is -0.161. The van der Waals surface area contributed by atoms with E-state index in [2.05, 4.69) is 154 Å². The third-order valence-corrected chi connectivity index (χ3v) is 19.7. The number of esters is 3. The van der Waals surface area contributed by atoms with Gasteiger partial charge < -0.3 is 34.2 Å². The van der Waals surface area contributed by atoms with Crippen molar-refractivity contribution in [1.82, 2.24) is 0 Å². The minimum atomic E-state index is -4.94. The van der Waals surface area contributed by atoms with Gasteiger partial charge in [0.2, 0.25) is 0 Å². The first kappa shape index (κ1) is 103. The molecule has 0 fully saturated rings. The average Bonchev–Trinajstić information content (AvgIpc) is 0.912. The maximum atomic E-state index is 13.0. The quantitative estimate of drug-likeness (QED) is 0.0146. The predicted molar refractivity (Wildman–Crippen MR) is 445 cm³/mol. The summed E-state index contributed by atoms with van der Waals surface area (Å²) in [6.07, 6.45) is 99.4. The lowest BCUT2D eigenvalue weighted by atomic mass is 10.0. The second kappa shape index (κ2) is 81.2. The summed E-state index contributed by atoms with van der Waals surface area (Å²) in [6.45, 7) is 2.52. The molecule has 18 heteroatoms. The van der Waals surface area contributed by atoms with E-state index >= 15 is 0 Å². The number of hydrogen-bond acceptors (Lipinski definition) is 14. The van der Waals surface area contributed by atoms with Gasteiger partial charge in [0.25, 0.3) is 0 Å². The van der Waals surface area contributed by atoms with Crippen molar-refractivity contribution < 1.29 is 75.8 Å². The second-order valence-corrected chi connectivity index (χ2v) is 31.2. The van der Waals surface area contributed by atoms with Gasteiger partial charge in [0.1, 0.15) is 25.4 Å². The molecule has 0 heterocycles. The van der Waals surface area contributed by atoms with Crippen LogP contribution in [0.1, 0.15) is 355 Å². The minimum absolute atomic E-state index is 0.0865. The summed E-state index contributed by atoms with van der Waals surface area (Å²) in [6, 6.07) is 0. The Labute approximate surface area is 652 Å². The fraction of sp³-hybridized carbons (Fsp3) is 0.719. The fourth-order valence-electron chi connectivity index (χ4n) is 11.4. The summed E-state index contributed by atoms with van der Waals surface area (Å²) in [5, 5.41) is 20.7. The third kappa shape index (κ3) is 82.5. The van der Waals surface area contributed by atoms with Gasteiger partial charge in [-0.2, -0.15) is 0 Å². The van der Waals surface area contributed by atoms with Crippen LogP contribution < -0.4 is 0 Å². The zero-order valence-corrected chi connectivity index (χ0v) is 69.3. The maximum absolute atomic E-state index is 13.0. The number of unbranched alkanes of at least 4 members (excludes halogenated alkanes) is 35. The highest BCUT2D eigenvalue weighted by atomic mass is 31.2. The number of aliphatic hydroxyl groups excluding tert-OH is 2. The highest BCUT2D eigenvalue weighted by molar-refractivity contribution is 7.47. The van der Waals surface area contributed by atoms with E-state index in [1.54, 1.807) is 0 Å². The van der Waals surface area contributed by atoms with E-state index in [-0.39, 0.29) is 19.3 Å². The molecule has 5 unspecified atom stereocenters. The molecule has 0 aromatic heterocycles. The smallest absolute Gasteiger partial charge is 0.463 e. The largest absolute Gasteiger partial charge is 0.472 e. The summed E-state index contributed by atoms with van der Waals surface area (Å²) in [5.74, 6) is -1.61. The van der Waals surface area contributed by atoms with Crippen LogP contribution in [-0.2, 0) is 55.8 Å². The molecule has 0 aliphatic rings. The van der Waals surface area contributed by atoms with Crippen molar-refractivity contribution in [3.63, 3.8) is 0 Å². The van der Waals surface area contributed by atoms with Crippen LogP contribution in [0.4, 0.5) is 0 Å². The number of carbonyl (C=O) groups is 3. The Balaban J connectivity index is 4.48. The van der Waals surface area contributed by atoms with Gasteiger partial charge in [-0.1, -0.05) is 328 Å². The van der Waals surface area contributed by atoms with Gasteiger partial charge in [-0.15, -0.1) is 0 Å². The van der Waals surface area contributed by atoms with Crippen molar-refractivity contribution in [3.05, 3.63) is 134 Å². The molecular weight excluding hydrogens is 1390 g/mol. The molecule has 0 saturated heterocycles. The SMILES string of the molecule is CC/C=C\C/C=C\C/C=C\C/C=C\C/C=C\C/C=C\CCCCCCC(=O)OCC(COP(=O)(O)OCC(O)COP(=O)(O)OCC(O)COC(=O)CCCCCCCCCCCCCCCCCCC/C=C\C/C=C\C/C=C\C/C=C\CCCCC)OC(=O)CCCCCCC/C=C\CCCCCCCC. The van der Waals surface area contributed by atoms with Crippen molar-refractivity contribution in [1.29, 1.82) is 0 Å². The summed E-state index contributed by atoms with van der Waals surface area (Å²) >= 11 is 0. The second-order valence-electron chi connectivity index (χ2n) is 28.2. The average molecular weight is 1540 g/mol. The number of phosphoric ester groups is 2. The molecular formula is C89H154O16P2. The first-order valence-corrected chi connectivity index (χ1v) is 45.5. The van der Waals surface area contributed by atoms with Crippen LogP contribution in [-0.4, -0.2) is 95.9 Å². The van der Waals surface area contributed by atoms with Crippen LogP contribution in [0.5, 0.6) is 0 Å². The predicted octanol–water partition coefficient (Wildman–Crippen LogP) is 25.4. The van der Waals surface area contributed by atoms with Crippen molar-refractivity contribution in [2.24, 2.45) is 0 Å². The van der Waals surface area contributed by atoms with Crippen molar-refractivity contribution in [2.75, 3.05) is 39.6 Å². The molecule has 0 aromatic rings. The van der Waals surface area contributed by atoms with Crippen LogP contribution in [0.2, 0.25) is 0 Å². The van der Waals surface area contributed by atoms with Gasteiger partial charge in [-0.3, -0.25) is 32.5 Å². The van der Waals surface area contributed by atoms with Gasteiger partial charge in [0.15, 0.2) is 6.10 Å². The van der Waals surface area contributed by atoms with Gasteiger partial charge in [0, 0.05) is 19.3 Å². The topological polar surface area (TPSA) is 231 Å². The van der Waals surface area contributed by atoms with Crippen molar-refractivity contribution in [2.45, 2.75) is 373 Å². The van der Waals surface area contributed by atoms with Crippen LogP contribution in [0.25, 0.3) is 0 Å². The molecule has 616 valence electrons. The monoisotopic (exact) mass is 1540 g/mol. The molecule has 16 nitrogen and oxygen atoms in total. The maximum Gasteiger partial charge on any atom is 0.472 e. The molecule has 4 N–H and O–H groups in total. The Morgan fingerprint density at radius 1 is 0.271 bits per heavy atom. The first-order chi connectivity index (χ1) is 52.2. The van der Waals surface area contributed by atoms with E-state index < -0.39 is 91.5 Å². The van der Waals surface area contributed by atoms with Gasteiger partial charge in [-0.05, 0) is 141 Å². The highest BCUT2D eigenvalue weighted by Crippen LogP contribution is 2.45. The number of rotatable bonds is 80. The number of allylic oxidation sites excluding steroid dienone is 22. The molecule has 0 aliphatic heterocycles. The van der Waals surface area contributed by atoms with Crippen molar-refractivity contribution >= 4 is 33.6 Å². The molecule has 0 spiro atoms. The lowest BCUT2D eigenvalue weighted by Gasteiger charge is -2.21. The van der Waals surface area contributed by atoms with Crippen LogP contribution in [0.3, 0.4) is 0 Å². The zero-order valence-electron chi connectivity index (χ0n) is 67.5. The fourth-order valence-corrected chi connectivity index (χ4v) is 13.0. The zero-order chi connectivity index (χ0) is 78.0. The van der Waals surface area contributed by atoms with Crippen molar-refractivity contribution in [3.8, 4) is 0 Å². The molecule has 0 radical (unpaired) electrons. The summed E-state index contributed by atoms with van der Waals surface area (Å²) < 4.78 is 61.2. The van der Waals surface area contributed by atoms with Gasteiger partial charge >= 0.3 is 33.6 Å². The number of ether oxygens (including phenoxy) is 3. The Kier molecular flexibility index (Phi) is 77.9. The van der Waals surface area contributed by atoms with Gasteiger partial charge in [-0.25, -0.2) is 9.13 Å². The molecule has 0 saturated carbocycles. The summed E-state index contributed by atoms with van der Waals surface area (Å²) in [5.41, 5.74) is 0. The Bertz CT molecular complexity index is 2480. The van der Waals surface area contributed by atoms with E-state index in [4.69, 9.17) is 32.3 Å². The third-order valence-electron chi connectivity index (χ3n) is 17.8. The Hall–Kier alpha value is -4.31. The highest BCUT2D eigenvalue weighted by Gasteiger charge is 2.29. The Morgan fingerprint density at radius 2 is 0.495 bits per heavy atom. The van der Waals surface area contributed by atoms with E-state index in [1.807, 2.05) is 0 Å². The minimum Gasteiger partial charge on any atom is -0.463 e. The summed E-state index contributed by atoms with van der Waals surface area (Å²) in [4.78, 5) is 58.7. The normalized spacial score (nSPS) is 14.6. The first-order valence-electron chi connectivity index (χ1n) is 42.5. The van der Waals surface area contributed by atoms with Crippen LogP contribution >= 0.6 is 15.6 Å². The van der Waals surface area contributed by atoms with Crippen LogP contribution in [0.15, 0.2) is 134 Å². The van der Waals surface area contributed by atoms with Crippen LogP contribution in [0, 0.1) is 0 Å². The summed E-state index contributed by atoms with van der Waals surface area (Å²) in [7, 11) is -9.80.